The molecule has 3 nitrogen and oxygen atoms in total. The van der Waals surface area contributed by atoms with Gasteiger partial charge in [-0.15, -0.1) is 0 Å². The monoisotopic (exact) mass is 255 g/mol. The molecule has 94 valence electrons. The molecule has 0 bridgehead atoms. The van der Waals surface area contributed by atoms with Gasteiger partial charge in [-0.25, -0.2) is 4.39 Å². The zero-order chi connectivity index (χ0) is 13.4. The van der Waals surface area contributed by atoms with Gasteiger partial charge < -0.3 is 10.1 Å². The molecule has 4 heteroatoms. The van der Waals surface area contributed by atoms with E-state index < -0.39 is 5.82 Å². The molecule has 0 aliphatic rings. The Hall–Kier alpha value is -2.62. The second kappa shape index (κ2) is 4.24. The molecule has 0 amide bonds. The van der Waals surface area contributed by atoms with Crippen molar-refractivity contribution in [1.29, 1.82) is 0 Å². The Morgan fingerprint density at radius 3 is 2.53 bits per heavy atom. The lowest BCUT2D eigenvalue weighted by Crippen LogP contribution is -2.04. The van der Waals surface area contributed by atoms with Crippen molar-refractivity contribution in [2.24, 2.45) is 0 Å². The van der Waals surface area contributed by atoms with E-state index >= 15 is 0 Å². The van der Waals surface area contributed by atoms with Crippen LogP contribution in [0.25, 0.3) is 22.2 Å². The minimum absolute atomic E-state index is 0.137. The number of fused-ring (bicyclic) bond motifs is 1. The average molecular weight is 255 g/mol. The van der Waals surface area contributed by atoms with Gasteiger partial charge >= 0.3 is 0 Å². The molecule has 1 aromatic heterocycles. The molecule has 0 fully saturated rings. The third-order valence-corrected chi connectivity index (χ3v) is 2.99. The molecule has 0 spiro atoms. The van der Waals surface area contributed by atoms with Gasteiger partial charge in [-0.05, 0) is 42.0 Å². The number of aromatic amines is 1. The van der Waals surface area contributed by atoms with Gasteiger partial charge in [0.25, 0.3) is 0 Å². The highest BCUT2D eigenvalue weighted by molar-refractivity contribution is 5.81. The summed E-state index contributed by atoms with van der Waals surface area (Å²) in [5.74, 6) is -0.326. The molecule has 3 aromatic rings. The van der Waals surface area contributed by atoms with Crippen LogP contribution in [0, 0.1) is 5.82 Å². The molecule has 0 aliphatic heterocycles. The summed E-state index contributed by atoms with van der Waals surface area (Å²) in [6, 6.07) is 12.2. The molecule has 0 unspecified atom stereocenters. The van der Waals surface area contributed by atoms with Crippen molar-refractivity contribution < 1.29 is 9.50 Å². The number of pyridine rings is 1. The lowest BCUT2D eigenvalue weighted by atomic mass is 10.1. The lowest BCUT2D eigenvalue weighted by molar-refractivity contribution is 0.475. The molecule has 0 aliphatic carbocycles. The predicted octanol–water partition coefficient (Wildman–Crippen LogP) is 3.04. The van der Waals surface area contributed by atoms with Crippen LogP contribution >= 0.6 is 0 Å². The predicted molar refractivity (Wildman–Crippen MR) is 71.6 cm³/mol. The fraction of sp³-hybridized carbons (Fsp3) is 0. The maximum Gasteiger partial charge on any atom is 0.190 e. The van der Waals surface area contributed by atoms with E-state index in [0.29, 0.717) is 16.6 Å². The summed E-state index contributed by atoms with van der Waals surface area (Å²) in [5.41, 5.74) is 1.18. The summed E-state index contributed by atoms with van der Waals surface area (Å²) in [6.45, 7) is 0. The summed E-state index contributed by atoms with van der Waals surface area (Å²) >= 11 is 0. The number of H-pyrrole nitrogens is 1. The zero-order valence-electron chi connectivity index (χ0n) is 9.85. The molecule has 0 radical (unpaired) electrons. The fourth-order valence-electron chi connectivity index (χ4n) is 2.03. The first kappa shape index (κ1) is 11.5. The Morgan fingerprint density at radius 1 is 1.05 bits per heavy atom. The lowest BCUT2D eigenvalue weighted by Gasteiger charge is -2.05. The van der Waals surface area contributed by atoms with Crippen molar-refractivity contribution in [3.63, 3.8) is 0 Å². The van der Waals surface area contributed by atoms with Gasteiger partial charge in [-0.1, -0.05) is 6.07 Å². The Bertz CT molecular complexity index is 806. The van der Waals surface area contributed by atoms with Gasteiger partial charge in [0.2, 0.25) is 0 Å². The van der Waals surface area contributed by atoms with Gasteiger partial charge in [-0.3, -0.25) is 4.79 Å². The molecular weight excluding hydrogens is 245 g/mol. The molecule has 1 heterocycles. The Morgan fingerprint density at radius 2 is 1.79 bits per heavy atom. The van der Waals surface area contributed by atoms with Crippen molar-refractivity contribution in [3.05, 3.63) is 64.6 Å². The van der Waals surface area contributed by atoms with Crippen molar-refractivity contribution in [3.8, 4) is 17.0 Å². The van der Waals surface area contributed by atoms with Crippen LogP contribution in [-0.2, 0) is 0 Å². The van der Waals surface area contributed by atoms with Crippen LogP contribution in [0.1, 0.15) is 0 Å². The summed E-state index contributed by atoms with van der Waals surface area (Å²) in [7, 11) is 0. The Balaban J connectivity index is 2.29. The van der Waals surface area contributed by atoms with Crippen LogP contribution in [0.15, 0.2) is 53.3 Å². The first-order valence-corrected chi connectivity index (χ1v) is 5.76. The van der Waals surface area contributed by atoms with Crippen molar-refractivity contribution >= 4 is 10.9 Å². The largest absolute Gasteiger partial charge is 0.508 e. The molecular formula is C15H10FNO2. The third kappa shape index (κ3) is 1.97. The van der Waals surface area contributed by atoms with E-state index in [9.17, 15) is 14.3 Å². The molecule has 0 saturated carbocycles. The van der Waals surface area contributed by atoms with Gasteiger partial charge in [0.05, 0.1) is 5.52 Å². The zero-order valence-corrected chi connectivity index (χ0v) is 9.85. The summed E-state index contributed by atoms with van der Waals surface area (Å²) < 4.78 is 13.7. The summed E-state index contributed by atoms with van der Waals surface area (Å²) in [5, 5.41) is 9.56. The van der Waals surface area contributed by atoms with Crippen molar-refractivity contribution in [1.82, 2.24) is 4.98 Å². The molecule has 0 saturated heterocycles. The first-order valence-electron chi connectivity index (χ1n) is 5.76. The highest BCUT2D eigenvalue weighted by Gasteiger charge is 2.07. The number of benzene rings is 2. The third-order valence-electron chi connectivity index (χ3n) is 2.99. The molecule has 2 N–H and O–H groups in total. The maximum atomic E-state index is 13.7. The normalized spacial score (nSPS) is 10.8. The molecule has 3 rings (SSSR count). The van der Waals surface area contributed by atoms with E-state index in [1.165, 1.54) is 30.3 Å². The summed E-state index contributed by atoms with van der Waals surface area (Å²) in [4.78, 5) is 14.9. The number of aromatic hydroxyl groups is 1. The second-order valence-electron chi connectivity index (χ2n) is 4.26. The maximum absolute atomic E-state index is 13.7. The summed E-state index contributed by atoms with van der Waals surface area (Å²) in [6.07, 6.45) is 0. The molecule has 0 atom stereocenters. The van der Waals surface area contributed by atoms with E-state index in [-0.39, 0.29) is 16.7 Å². The number of phenolic OH excluding ortho intramolecular Hbond substituents is 1. The fourth-order valence-corrected chi connectivity index (χ4v) is 2.03. The van der Waals surface area contributed by atoms with Gasteiger partial charge in [-0.2, -0.15) is 0 Å². The minimum Gasteiger partial charge on any atom is -0.508 e. The first-order chi connectivity index (χ1) is 9.15. The quantitative estimate of drug-likeness (QED) is 0.702. The number of para-hydroxylation sites is 1. The van der Waals surface area contributed by atoms with Crippen LogP contribution in [0.3, 0.4) is 0 Å². The molecule has 2 aromatic carbocycles. The van der Waals surface area contributed by atoms with Crippen molar-refractivity contribution in [2.75, 3.05) is 0 Å². The van der Waals surface area contributed by atoms with Gasteiger partial charge in [0.15, 0.2) is 5.43 Å². The van der Waals surface area contributed by atoms with Gasteiger partial charge in [0, 0.05) is 17.1 Å². The van der Waals surface area contributed by atoms with E-state index in [1.807, 2.05) is 0 Å². The number of hydrogen-bond donors (Lipinski definition) is 2. The number of halogens is 1. The number of phenols is 1. The van der Waals surface area contributed by atoms with E-state index in [4.69, 9.17) is 0 Å². The topological polar surface area (TPSA) is 53.1 Å². The Labute approximate surface area is 108 Å². The van der Waals surface area contributed by atoms with Crippen molar-refractivity contribution in [2.45, 2.75) is 0 Å². The number of nitrogens with one attached hydrogen (secondary N) is 1. The number of aromatic nitrogens is 1. The minimum atomic E-state index is -0.463. The second-order valence-corrected chi connectivity index (χ2v) is 4.26. The standard InChI is InChI=1S/C15H10FNO2/c16-12-3-1-2-11-14(19)8-13(17-15(11)12)9-4-6-10(18)7-5-9/h1-8,18H,(H,17,19). The van der Waals surface area contributed by atoms with Crippen LogP contribution in [0.4, 0.5) is 4.39 Å². The van der Waals surface area contributed by atoms with Crippen LogP contribution in [-0.4, -0.2) is 10.1 Å². The van der Waals surface area contributed by atoms with Crippen LogP contribution in [0.2, 0.25) is 0 Å². The Kier molecular flexibility index (Phi) is 2.56. The average Bonchev–Trinajstić information content (AvgIpc) is 2.41. The smallest absolute Gasteiger partial charge is 0.190 e. The van der Waals surface area contributed by atoms with E-state index in [0.717, 1.165) is 0 Å². The van der Waals surface area contributed by atoms with E-state index in [2.05, 4.69) is 4.98 Å². The number of hydrogen-bond acceptors (Lipinski definition) is 2. The SMILES string of the molecule is O=c1cc(-c2ccc(O)cc2)[nH]c2c(F)cccc12. The van der Waals surface area contributed by atoms with Gasteiger partial charge in [0.1, 0.15) is 11.6 Å². The molecule has 19 heavy (non-hydrogen) atoms. The number of rotatable bonds is 1. The van der Waals surface area contributed by atoms with Crippen LogP contribution < -0.4 is 5.43 Å². The highest BCUT2D eigenvalue weighted by Crippen LogP contribution is 2.21. The van der Waals surface area contributed by atoms with E-state index in [1.54, 1.807) is 18.2 Å². The highest BCUT2D eigenvalue weighted by atomic mass is 19.1. The van der Waals surface area contributed by atoms with Crippen LogP contribution in [0.5, 0.6) is 5.75 Å².